The van der Waals surface area contributed by atoms with Crippen molar-refractivity contribution in [3.8, 4) is 11.1 Å². The molecule has 3 aromatic rings. The summed E-state index contributed by atoms with van der Waals surface area (Å²) in [4.78, 5) is 8.34. The third-order valence-corrected chi connectivity index (χ3v) is 3.81. The predicted molar refractivity (Wildman–Crippen MR) is 98.2 cm³/mol. The van der Waals surface area contributed by atoms with Crippen LogP contribution in [0.3, 0.4) is 0 Å². The minimum atomic E-state index is 0.146. The van der Waals surface area contributed by atoms with E-state index in [1.54, 1.807) is 4.68 Å². The molecule has 0 fully saturated rings. The monoisotopic (exact) mass is 323 g/mol. The second kappa shape index (κ2) is 6.27. The zero-order valence-electron chi connectivity index (χ0n) is 14.4. The van der Waals surface area contributed by atoms with Crippen LogP contribution >= 0.6 is 0 Å². The van der Waals surface area contributed by atoms with Gasteiger partial charge in [-0.1, -0.05) is 11.3 Å². The summed E-state index contributed by atoms with van der Waals surface area (Å²) in [5.74, 6) is 0.501. The molecule has 0 aliphatic rings. The number of hydrogen-bond donors (Lipinski definition) is 1. The molecule has 1 aromatic carbocycles. The van der Waals surface area contributed by atoms with Crippen molar-refractivity contribution in [3.63, 3.8) is 0 Å². The predicted octanol–water partition coefficient (Wildman–Crippen LogP) is 2.75. The summed E-state index contributed by atoms with van der Waals surface area (Å²) in [6.45, 7) is 9.61. The Morgan fingerprint density at radius 2 is 2.08 bits per heavy atom. The molecule has 0 atom stereocenters. The molecule has 0 radical (unpaired) electrons. The van der Waals surface area contributed by atoms with E-state index in [1.165, 1.54) is 0 Å². The Morgan fingerprint density at radius 3 is 2.79 bits per heavy atom. The van der Waals surface area contributed by atoms with E-state index in [1.807, 2.05) is 44.8 Å². The number of rotatable bonds is 3. The second-order valence-corrected chi connectivity index (χ2v) is 5.92. The summed E-state index contributed by atoms with van der Waals surface area (Å²) in [6.07, 6.45) is 1.96. The quantitative estimate of drug-likeness (QED) is 0.595. The summed E-state index contributed by atoms with van der Waals surface area (Å²) in [5.41, 5.74) is 8.35. The molecule has 0 amide bonds. The molecule has 0 spiro atoms. The molecule has 7 nitrogen and oxygen atoms in total. The van der Waals surface area contributed by atoms with Crippen LogP contribution in [0, 0.1) is 6.92 Å². The number of guanidine groups is 1. The van der Waals surface area contributed by atoms with Gasteiger partial charge in [-0.25, -0.2) is 14.7 Å². The molecule has 0 saturated carbocycles. The second-order valence-electron chi connectivity index (χ2n) is 5.92. The van der Waals surface area contributed by atoms with Crippen LogP contribution in [0.2, 0.25) is 0 Å². The van der Waals surface area contributed by atoms with Crippen molar-refractivity contribution in [1.82, 2.24) is 19.7 Å². The zero-order valence-corrected chi connectivity index (χ0v) is 14.4. The van der Waals surface area contributed by atoms with Gasteiger partial charge >= 0.3 is 0 Å². The van der Waals surface area contributed by atoms with E-state index in [0.29, 0.717) is 5.96 Å². The molecule has 0 unspecified atom stereocenters. The van der Waals surface area contributed by atoms with Gasteiger partial charge < -0.3 is 0 Å². The highest BCUT2D eigenvalue weighted by Crippen LogP contribution is 2.26. The van der Waals surface area contributed by atoms with Crippen LogP contribution in [0.4, 0.5) is 0 Å². The SMILES string of the molecule is C=NC(=NC(C)C)Nn1ccc(-c2ccc3nnn(C)c3c2)c1C. The Bertz CT molecular complexity index is 914. The smallest absolute Gasteiger partial charge is 0.237 e. The number of nitrogens with one attached hydrogen (secondary N) is 1. The number of hydrogen-bond acceptors (Lipinski definition) is 3. The summed E-state index contributed by atoms with van der Waals surface area (Å²) in [5, 5.41) is 8.17. The molecular weight excluding hydrogens is 302 g/mol. The zero-order chi connectivity index (χ0) is 17.3. The molecule has 24 heavy (non-hydrogen) atoms. The number of nitrogens with zero attached hydrogens (tertiary/aromatic N) is 6. The van der Waals surface area contributed by atoms with Crippen molar-refractivity contribution < 1.29 is 0 Å². The summed E-state index contributed by atoms with van der Waals surface area (Å²) in [6, 6.07) is 8.34. The fraction of sp³-hybridized carbons (Fsp3) is 0.294. The number of aryl methyl sites for hydroxylation is 1. The lowest BCUT2D eigenvalue weighted by atomic mass is 10.1. The van der Waals surface area contributed by atoms with Gasteiger partial charge in [0.05, 0.1) is 5.52 Å². The Kier molecular flexibility index (Phi) is 4.16. The van der Waals surface area contributed by atoms with E-state index < -0.39 is 0 Å². The fourth-order valence-electron chi connectivity index (χ4n) is 2.59. The van der Waals surface area contributed by atoms with Gasteiger partial charge in [0.15, 0.2) is 0 Å². The highest BCUT2D eigenvalue weighted by Gasteiger charge is 2.10. The molecular formula is C17H21N7. The normalized spacial score (nSPS) is 12.1. The van der Waals surface area contributed by atoms with Crippen LogP contribution in [0.15, 0.2) is 40.4 Å². The van der Waals surface area contributed by atoms with Crippen LogP contribution in [-0.4, -0.2) is 38.4 Å². The molecule has 0 bridgehead atoms. The van der Waals surface area contributed by atoms with Crippen molar-refractivity contribution in [2.45, 2.75) is 26.8 Å². The van der Waals surface area contributed by atoms with Gasteiger partial charge in [-0.05, 0) is 51.3 Å². The highest BCUT2D eigenvalue weighted by molar-refractivity contribution is 5.91. The van der Waals surface area contributed by atoms with Crippen LogP contribution in [-0.2, 0) is 7.05 Å². The molecule has 0 aliphatic heterocycles. The topological polar surface area (TPSA) is 72.4 Å². The average molecular weight is 323 g/mol. The lowest BCUT2D eigenvalue weighted by Crippen LogP contribution is -2.22. The molecule has 7 heteroatoms. The maximum atomic E-state index is 4.40. The lowest BCUT2D eigenvalue weighted by Gasteiger charge is -2.11. The largest absolute Gasteiger partial charge is 0.265 e. The van der Waals surface area contributed by atoms with Crippen molar-refractivity contribution in [1.29, 1.82) is 0 Å². The third-order valence-electron chi connectivity index (χ3n) is 3.81. The first-order chi connectivity index (χ1) is 11.5. The molecule has 124 valence electrons. The van der Waals surface area contributed by atoms with Crippen molar-refractivity contribution >= 4 is 23.7 Å². The Hall–Kier alpha value is -2.96. The van der Waals surface area contributed by atoms with Gasteiger partial charge in [-0.3, -0.25) is 10.1 Å². The summed E-state index contributed by atoms with van der Waals surface area (Å²) in [7, 11) is 1.89. The fourth-order valence-corrected chi connectivity index (χ4v) is 2.59. The summed E-state index contributed by atoms with van der Waals surface area (Å²) < 4.78 is 3.68. The third kappa shape index (κ3) is 2.92. The van der Waals surface area contributed by atoms with Gasteiger partial charge in [-0.15, -0.1) is 5.10 Å². The van der Waals surface area contributed by atoms with Crippen molar-refractivity contribution in [2.24, 2.45) is 17.0 Å². The van der Waals surface area contributed by atoms with Gasteiger partial charge in [0.2, 0.25) is 5.96 Å². The van der Waals surface area contributed by atoms with E-state index in [2.05, 4.69) is 50.6 Å². The van der Waals surface area contributed by atoms with E-state index in [4.69, 9.17) is 0 Å². The average Bonchev–Trinajstić information content (AvgIpc) is 3.10. The van der Waals surface area contributed by atoms with Crippen LogP contribution in [0.1, 0.15) is 19.5 Å². The minimum absolute atomic E-state index is 0.146. The number of benzene rings is 1. The highest BCUT2D eigenvalue weighted by atomic mass is 15.5. The summed E-state index contributed by atoms with van der Waals surface area (Å²) >= 11 is 0. The maximum Gasteiger partial charge on any atom is 0.237 e. The van der Waals surface area contributed by atoms with Crippen LogP contribution in [0.5, 0.6) is 0 Å². The first-order valence-electron chi connectivity index (χ1n) is 7.79. The number of aliphatic imine (C=N–C) groups is 2. The van der Waals surface area contributed by atoms with Crippen LogP contribution < -0.4 is 5.43 Å². The van der Waals surface area contributed by atoms with Gasteiger partial charge in [0, 0.05) is 30.5 Å². The van der Waals surface area contributed by atoms with Gasteiger partial charge in [0.1, 0.15) is 5.52 Å². The molecule has 2 aromatic heterocycles. The minimum Gasteiger partial charge on any atom is -0.265 e. The molecule has 1 N–H and O–H groups in total. The van der Waals surface area contributed by atoms with Crippen molar-refractivity contribution in [3.05, 3.63) is 36.2 Å². The Balaban J connectivity index is 1.96. The Morgan fingerprint density at radius 1 is 1.29 bits per heavy atom. The molecule has 2 heterocycles. The van der Waals surface area contributed by atoms with E-state index in [0.717, 1.165) is 27.9 Å². The standard InChI is InChI=1S/C17H21N7/c1-11(2)19-17(18-4)21-24-9-8-14(12(24)3)13-6-7-15-16(10-13)23(5)22-20-15/h6-11H,4H2,1-3,5H3,(H,19,21). The maximum absolute atomic E-state index is 4.40. The van der Waals surface area contributed by atoms with Gasteiger partial charge in [0.25, 0.3) is 0 Å². The number of aromatic nitrogens is 4. The lowest BCUT2D eigenvalue weighted by molar-refractivity contribution is 0.736. The van der Waals surface area contributed by atoms with E-state index in [9.17, 15) is 0 Å². The van der Waals surface area contributed by atoms with E-state index in [-0.39, 0.29) is 6.04 Å². The van der Waals surface area contributed by atoms with E-state index >= 15 is 0 Å². The van der Waals surface area contributed by atoms with Crippen LogP contribution in [0.25, 0.3) is 22.2 Å². The Labute approximate surface area is 140 Å². The molecule has 3 rings (SSSR count). The molecule has 0 saturated heterocycles. The first-order valence-corrected chi connectivity index (χ1v) is 7.79. The number of fused-ring (bicyclic) bond motifs is 1. The van der Waals surface area contributed by atoms with Crippen molar-refractivity contribution in [2.75, 3.05) is 5.43 Å². The van der Waals surface area contributed by atoms with Gasteiger partial charge in [-0.2, -0.15) is 0 Å². The molecule has 0 aliphatic carbocycles. The first kappa shape index (κ1) is 15.9.